The van der Waals surface area contributed by atoms with E-state index in [9.17, 15) is 18.0 Å². The molecule has 0 aliphatic carbocycles. The van der Waals surface area contributed by atoms with Crippen molar-refractivity contribution in [2.24, 2.45) is 0 Å². The molecule has 0 bridgehead atoms. The molecule has 0 radical (unpaired) electrons. The number of Topliss-reactive ketones (excluding diaryl/α,β-unsaturated/α-hetero) is 1. The Balaban J connectivity index is 1.47. The molecule has 2 aliphatic heterocycles. The van der Waals surface area contributed by atoms with Crippen LogP contribution in [0.3, 0.4) is 0 Å². The highest BCUT2D eigenvalue weighted by atomic mass is 79.9. The number of ketones is 1. The van der Waals surface area contributed by atoms with Crippen LogP contribution < -0.4 is 10.1 Å². The van der Waals surface area contributed by atoms with E-state index in [0.29, 0.717) is 11.1 Å². The fraction of sp³-hybridized carbons (Fsp3) is 0.345. The minimum Gasteiger partial charge on any atom is -0.406 e. The number of carbonyl (C=O) groups is 1. The van der Waals surface area contributed by atoms with E-state index in [-0.39, 0.29) is 17.6 Å². The molecule has 0 saturated carbocycles. The van der Waals surface area contributed by atoms with Gasteiger partial charge in [0, 0.05) is 34.9 Å². The van der Waals surface area contributed by atoms with E-state index in [1.165, 1.54) is 17.7 Å². The van der Waals surface area contributed by atoms with Gasteiger partial charge in [-0.05, 0) is 60.7 Å². The lowest BCUT2D eigenvalue weighted by Crippen LogP contribution is -2.57. The van der Waals surface area contributed by atoms with Gasteiger partial charge >= 0.3 is 6.36 Å². The van der Waals surface area contributed by atoms with Crippen molar-refractivity contribution in [3.63, 3.8) is 0 Å². The third kappa shape index (κ3) is 5.27. The van der Waals surface area contributed by atoms with E-state index in [1.54, 1.807) is 18.2 Å². The Kier molecular flexibility index (Phi) is 7.07. The highest BCUT2D eigenvalue weighted by Crippen LogP contribution is 2.48. The van der Waals surface area contributed by atoms with Crippen LogP contribution in [0.2, 0.25) is 0 Å². The number of anilines is 1. The molecule has 2 heterocycles. The maximum Gasteiger partial charge on any atom is 0.573 e. The quantitative estimate of drug-likeness (QED) is 0.339. The topological polar surface area (TPSA) is 41.6 Å². The minimum atomic E-state index is -4.77. The van der Waals surface area contributed by atoms with Crippen molar-refractivity contribution in [2.75, 3.05) is 18.4 Å². The molecular formula is C29H28BrF3N2O2. The van der Waals surface area contributed by atoms with E-state index in [0.717, 1.165) is 42.5 Å². The Hall–Kier alpha value is -2.84. The van der Waals surface area contributed by atoms with Crippen molar-refractivity contribution in [1.29, 1.82) is 0 Å². The van der Waals surface area contributed by atoms with E-state index in [4.69, 9.17) is 0 Å². The number of nitrogens with one attached hydrogen (secondary N) is 1. The first-order chi connectivity index (χ1) is 17.7. The third-order valence-electron chi connectivity index (χ3n) is 7.59. The predicted octanol–water partition coefficient (Wildman–Crippen LogP) is 7.73. The number of hydrogen-bond acceptors (Lipinski definition) is 4. The summed E-state index contributed by atoms with van der Waals surface area (Å²) in [6.45, 7) is 3.77. The summed E-state index contributed by atoms with van der Waals surface area (Å²) in [4.78, 5) is 16.4. The minimum absolute atomic E-state index is 0.0192. The van der Waals surface area contributed by atoms with Gasteiger partial charge in [0.2, 0.25) is 0 Å². The summed E-state index contributed by atoms with van der Waals surface area (Å²) in [6.07, 6.45) is -2.35. The second-order valence-electron chi connectivity index (χ2n) is 9.76. The van der Waals surface area contributed by atoms with Gasteiger partial charge in [-0.2, -0.15) is 0 Å². The highest BCUT2D eigenvalue weighted by molar-refractivity contribution is 9.10. The zero-order chi connectivity index (χ0) is 26.2. The number of fused-ring (bicyclic) bond motifs is 1. The van der Waals surface area contributed by atoms with Crippen molar-refractivity contribution in [3.8, 4) is 5.75 Å². The van der Waals surface area contributed by atoms with Gasteiger partial charge in [0.1, 0.15) is 5.75 Å². The first-order valence-electron chi connectivity index (χ1n) is 12.5. The number of likely N-dealkylation sites (tertiary alicyclic amines) is 1. The molecule has 2 atom stereocenters. The average molecular weight is 573 g/mol. The van der Waals surface area contributed by atoms with Gasteiger partial charge in [-0.3, -0.25) is 9.69 Å². The predicted molar refractivity (Wildman–Crippen MR) is 141 cm³/mol. The number of hydrogen-bond donors (Lipinski definition) is 1. The van der Waals surface area contributed by atoms with Crippen LogP contribution in [-0.2, 0) is 0 Å². The first kappa shape index (κ1) is 25.8. The van der Waals surface area contributed by atoms with Crippen LogP contribution in [-0.4, -0.2) is 35.7 Å². The molecule has 2 unspecified atom stereocenters. The monoisotopic (exact) mass is 572 g/mol. The summed E-state index contributed by atoms with van der Waals surface area (Å²) in [5, 5.41) is 3.71. The largest absolute Gasteiger partial charge is 0.573 e. The van der Waals surface area contributed by atoms with Crippen LogP contribution in [0.5, 0.6) is 5.75 Å². The summed E-state index contributed by atoms with van der Waals surface area (Å²) in [5.41, 5.74) is 2.79. The molecule has 1 N–H and O–H groups in total. The number of carbonyl (C=O) groups excluding carboxylic acids is 1. The molecule has 2 aliphatic rings. The number of piperidine rings is 1. The van der Waals surface area contributed by atoms with Gasteiger partial charge in [-0.15, -0.1) is 13.2 Å². The van der Waals surface area contributed by atoms with Gasteiger partial charge in [0.25, 0.3) is 0 Å². The van der Waals surface area contributed by atoms with E-state index in [1.807, 2.05) is 18.2 Å². The zero-order valence-electron chi connectivity index (χ0n) is 20.4. The third-order valence-corrected chi connectivity index (χ3v) is 8.09. The maximum atomic E-state index is 13.9. The zero-order valence-corrected chi connectivity index (χ0v) is 22.0. The molecule has 3 aromatic carbocycles. The molecule has 4 nitrogen and oxygen atoms in total. The molecule has 8 heteroatoms. The second-order valence-corrected chi connectivity index (χ2v) is 10.7. The lowest BCUT2D eigenvalue weighted by molar-refractivity contribution is -0.274. The Morgan fingerprint density at radius 1 is 1.05 bits per heavy atom. The molecule has 0 amide bonds. The number of benzene rings is 3. The van der Waals surface area contributed by atoms with Crippen molar-refractivity contribution in [1.82, 2.24) is 4.90 Å². The van der Waals surface area contributed by atoms with Crippen molar-refractivity contribution in [3.05, 3.63) is 94.0 Å². The van der Waals surface area contributed by atoms with Gasteiger partial charge < -0.3 is 10.1 Å². The van der Waals surface area contributed by atoms with Crippen LogP contribution in [0.15, 0.2) is 77.3 Å². The number of alkyl halides is 3. The van der Waals surface area contributed by atoms with Gasteiger partial charge in [-0.1, -0.05) is 65.3 Å². The Bertz CT molecular complexity index is 1260. The van der Waals surface area contributed by atoms with Gasteiger partial charge in [0.05, 0.1) is 11.5 Å². The fourth-order valence-corrected chi connectivity index (χ4v) is 6.30. The maximum absolute atomic E-state index is 13.9. The van der Waals surface area contributed by atoms with E-state index < -0.39 is 17.8 Å². The fourth-order valence-electron chi connectivity index (χ4n) is 5.94. The molecule has 0 aromatic heterocycles. The number of nitrogens with zero attached hydrogens (tertiary/aromatic N) is 1. The van der Waals surface area contributed by atoms with Crippen LogP contribution in [0.25, 0.3) is 0 Å². The SMILES string of the molecule is CCC(c1ccccc1)N1CCC2(CC1)Nc1cc(Br)ccc1C(=O)C2c1ccc(OC(F)(F)F)cc1. The molecule has 194 valence electrons. The molecule has 3 aromatic rings. The molecule has 5 rings (SSSR count). The first-order valence-corrected chi connectivity index (χ1v) is 13.2. The smallest absolute Gasteiger partial charge is 0.406 e. The summed E-state index contributed by atoms with van der Waals surface area (Å²) in [6, 6.07) is 22.0. The average Bonchev–Trinajstić information content (AvgIpc) is 2.86. The standard InChI is InChI=1S/C29H28BrF3N2O2/c1-2-25(19-6-4-3-5-7-19)35-16-14-28(15-17-35)26(20-8-11-22(12-9-20)37-29(31,32)33)27(36)23-13-10-21(30)18-24(23)34-28/h3-13,18,25-26,34H,2,14-17H2,1H3. The number of halogens is 4. The molecular weight excluding hydrogens is 545 g/mol. The van der Waals surface area contributed by atoms with Gasteiger partial charge in [-0.25, -0.2) is 0 Å². The summed E-state index contributed by atoms with van der Waals surface area (Å²) in [7, 11) is 0. The molecule has 1 fully saturated rings. The van der Waals surface area contributed by atoms with Crippen LogP contribution >= 0.6 is 15.9 Å². The summed E-state index contributed by atoms with van der Waals surface area (Å²) >= 11 is 3.51. The van der Waals surface area contributed by atoms with E-state index in [2.05, 4.69) is 62.1 Å². The van der Waals surface area contributed by atoms with Crippen LogP contribution in [0.4, 0.5) is 18.9 Å². The Morgan fingerprint density at radius 2 is 1.73 bits per heavy atom. The Morgan fingerprint density at radius 3 is 2.35 bits per heavy atom. The van der Waals surface area contributed by atoms with Gasteiger partial charge in [0.15, 0.2) is 5.78 Å². The molecule has 37 heavy (non-hydrogen) atoms. The van der Waals surface area contributed by atoms with E-state index >= 15 is 0 Å². The second kappa shape index (κ2) is 10.1. The normalized spacial score (nSPS) is 20.2. The molecule has 1 spiro atoms. The Labute approximate surface area is 222 Å². The summed E-state index contributed by atoms with van der Waals surface area (Å²) < 4.78 is 43.0. The van der Waals surface area contributed by atoms with Crippen LogP contribution in [0, 0.1) is 0 Å². The van der Waals surface area contributed by atoms with Crippen LogP contribution in [0.1, 0.15) is 59.6 Å². The van der Waals surface area contributed by atoms with Crippen molar-refractivity contribution in [2.45, 2.75) is 50.0 Å². The summed E-state index contributed by atoms with van der Waals surface area (Å²) in [5.74, 6) is -0.844. The lowest BCUT2D eigenvalue weighted by Gasteiger charge is -2.51. The highest BCUT2D eigenvalue weighted by Gasteiger charge is 2.50. The molecule has 1 saturated heterocycles. The lowest BCUT2D eigenvalue weighted by atomic mass is 9.67. The van der Waals surface area contributed by atoms with Crippen molar-refractivity contribution < 1.29 is 22.7 Å². The number of rotatable bonds is 5. The number of ether oxygens (including phenoxy) is 1. The van der Waals surface area contributed by atoms with Crippen molar-refractivity contribution >= 4 is 27.4 Å².